The van der Waals surface area contributed by atoms with Gasteiger partial charge in [0, 0.05) is 53.3 Å². The van der Waals surface area contributed by atoms with Crippen LogP contribution in [0.2, 0.25) is 5.28 Å². The second kappa shape index (κ2) is 16.5. The van der Waals surface area contributed by atoms with Crippen LogP contribution in [-0.4, -0.2) is 53.1 Å². The highest BCUT2D eigenvalue weighted by atomic mass is 35.5. The van der Waals surface area contributed by atoms with Gasteiger partial charge >= 0.3 is 0 Å². The molecule has 0 unspecified atom stereocenters. The fraction of sp³-hybridized carbons (Fsp3) is 0.250. The first-order valence-electron chi connectivity index (χ1n) is 15.9. The lowest BCUT2D eigenvalue weighted by Crippen LogP contribution is -2.07. The van der Waals surface area contributed by atoms with Crippen LogP contribution in [0.5, 0.6) is 0 Å². The minimum Gasteiger partial charge on any atom is -0.481 e. The van der Waals surface area contributed by atoms with E-state index in [9.17, 15) is 0 Å². The van der Waals surface area contributed by atoms with Gasteiger partial charge in [-0.25, -0.2) is 15.0 Å². The van der Waals surface area contributed by atoms with Gasteiger partial charge in [-0.15, -0.1) is 0 Å². The number of carboxylic acids is 1. The summed E-state index contributed by atoms with van der Waals surface area (Å²) in [5, 5.41) is 19.9. The van der Waals surface area contributed by atoms with E-state index in [1.54, 1.807) is 18.6 Å². The molecule has 0 aliphatic heterocycles. The van der Waals surface area contributed by atoms with Crippen molar-refractivity contribution in [2.45, 2.75) is 58.5 Å². The fourth-order valence-electron chi connectivity index (χ4n) is 4.41. The summed E-state index contributed by atoms with van der Waals surface area (Å²) in [5.41, 5.74) is 11.2. The van der Waals surface area contributed by atoms with Crippen LogP contribution in [0.25, 0.3) is 21.8 Å². The molecular weight excluding hydrogens is 640 g/mol. The zero-order valence-corrected chi connectivity index (χ0v) is 28.3. The lowest BCUT2D eigenvalue weighted by Gasteiger charge is -2.10. The van der Waals surface area contributed by atoms with E-state index in [0.29, 0.717) is 29.0 Å². The second-order valence-electron chi connectivity index (χ2n) is 11.8. The van der Waals surface area contributed by atoms with E-state index in [-0.39, 0.29) is 0 Å². The first-order chi connectivity index (χ1) is 23.6. The molecule has 2 aliphatic carbocycles. The number of nitrogens with two attached hydrogens (primary N) is 1. The van der Waals surface area contributed by atoms with Gasteiger partial charge in [0.2, 0.25) is 11.2 Å². The van der Waals surface area contributed by atoms with E-state index in [2.05, 4.69) is 51.9 Å². The molecule has 0 bridgehead atoms. The maximum Gasteiger partial charge on any atom is 0.300 e. The molecule has 0 spiro atoms. The SMILES string of the molecule is CC(=O)O.Cc1cnc(Cl)nc1NC1CC1.Cc1cnc(Nc2cnc3ccccc3c2)nc1NC1CC1.Nc1cnc2ccccc2c1. The summed E-state index contributed by atoms with van der Waals surface area (Å²) in [6, 6.07) is 21.1. The summed E-state index contributed by atoms with van der Waals surface area (Å²) >= 11 is 5.66. The van der Waals surface area contributed by atoms with Crippen LogP contribution < -0.4 is 21.7 Å². The highest BCUT2D eigenvalue weighted by Crippen LogP contribution is 2.27. The van der Waals surface area contributed by atoms with E-state index >= 15 is 0 Å². The number of para-hydroxylation sites is 2. The molecule has 13 heteroatoms. The number of nitrogens with zero attached hydrogens (tertiary/aromatic N) is 6. The average Bonchev–Trinajstić information content (AvgIpc) is 4.03. The van der Waals surface area contributed by atoms with Gasteiger partial charge < -0.3 is 26.8 Å². The zero-order valence-electron chi connectivity index (χ0n) is 27.6. The van der Waals surface area contributed by atoms with E-state index < -0.39 is 5.97 Å². The van der Waals surface area contributed by atoms with Crippen LogP contribution in [0, 0.1) is 13.8 Å². The Morgan fingerprint density at radius 1 is 0.755 bits per heavy atom. The summed E-state index contributed by atoms with van der Waals surface area (Å²) in [5.74, 6) is 1.54. The molecule has 4 aromatic heterocycles. The van der Waals surface area contributed by atoms with Crippen LogP contribution in [0.3, 0.4) is 0 Å². The van der Waals surface area contributed by atoms with Crippen molar-refractivity contribution >= 4 is 68.3 Å². The predicted octanol–water partition coefficient (Wildman–Crippen LogP) is 7.57. The highest BCUT2D eigenvalue weighted by Gasteiger charge is 2.23. The Morgan fingerprint density at radius 3 is 1.86 bits per heavy atom. The smallest absolute Gasteiger partial charge is 0.300 e. The molecule has 0 amide bonds. The number of aromatic nitrogens is 6. The lowest BCUT2D eigenvalue weighted by molar-refractivity contribution is -0.134. The number of nitrogens with one attached hydrogen (secondary N) is 3. The molecule has 2 fully saturated rings. The third kappa shape index (κ3) is 11.2. The number of carboxylic acid groups (broad SMARTS) is 1. The van der Waals surface area contributed by atoms with E-state index in [1.165, 1.54) is 25.7 Å². The Kier molecular flexibility index (Phi) is 11.7. The predicted molar refractivity (Wildman–Crippen MR) is 196 cm³/mol. The van der Waals surface area contributed by atoms with E-state index in [0.717, 1.165) is 57.2 Å². The molecular formula is C36H39ClN10O2. The number of hydrogen-bond acceptors (Lipinski definition) is 11. The van der Waals surface area contributed by atoms with Gasteiger partial charge in [-0.2, -0.15) is 4.98 Å². The number of halogens is 1. The van der Waals surface area contributed by atoms with Crippen molar-refractivity contribution in [3.05, 3.63) is 102 Å². The molecule has 6 aromatic rings. The first-order valence-corrected chi connectivity index (χ1v) is 16.3. The largest absolute Gasteiger partial charge is 0.481 e. The van der Waals surface area contributed by atoms with Gasteiger partial charge in [-0.3, -0.25) is 14.8 Å². The molecule has 2 aromatic carbocycles. The normalized spacial score (nSPS) is 13.1. The molecule has 0 atom stereocenters. The van der Waals surface area contributed by atoms with Gasteiger partial charge in [0.05, 0.1) is 34.8 Å². The summed E-state index contributed by atoms with van der Waals surface area (Å²) in [7, 11) is 0. The number of nitrogen functional groups attached to an aromatic ring is 1. The van der Waals surface area contributed by atoms with Crippen molar-refractivity contribution in [2.24, 2.45) is 0 Å². The molecule has 12 nitrogen and oxygen atoms in total. The van der Waals surface area contributed by atoms with Crippen LogP contribution in [-0.2, 0) is 4.79 Å². The number of carbonyl (C=O) groups is 1. The zero-order chi connectivity index (χ0) is 34.8. The Hall–Kier alpha value is -5.62. The van der Waals surface area contributed by atoms with Crippen molar-refractivity contribution in [3.8, 4) is 0 Å². The van der Waals surface area contributed by atoms with Gasteiger partial charge in [0.1, 0.15) is 11.6 Å². The summed E-state index contributed by atoms with van der Waals surface area (Å²) in [6.45, 7) is 5.08. The monoisotopic (exact) mass is 678 g/mol. The number of aliphatic carboxylic acids is 1. The molecule has 2 saturated carbocycles. The summed E-state index contributed by atoms with van der Waals surface area (Å²) < 4.78 is 0. The quantitative estimate of drug-likeness (QED) is 0.109. The van der Waals surface area contributed by atoms with Crippen LogP contribution in [0.1, 0.15) is 43.7 Å². The Morgan fingerprint density at radius 2 is 1.27 bits per heavy atom. The summed E-state index contributed by atoms with van der Waals surface area (Å²) in [4.78, 5) is 34.5. The fourth-order valence-corrected chi connectivity index (χ4v) is 4.55. The Balaban J connectivity index is 0.000000147. The van der Waals surface area contributed by atoms with Crippen molar-refractivity contribution < 1.29 is 9.90 Å². The molecule has 252 valence electrons. The number of benzene rings is 2. The Labute approximate surface area is 289 Å². The van der Waals surface area contributed by atoms with Crippen molar-refractivity contribution in [2.75, 3.05) is 21.7 Å². The number of hydrogen-bond donors (Lipinski definition) is 5. The Bertz CT molecular complexity index is 2030. The second-order valence-corrected chi connectivity index (χ2v) is 12.1. The molecule has 8 rings (SSSR count). The first kappa shape index (κ1) is 34.7. The van der Waals surface area contributed by atoms with Gasteiger partial charge in [0.15, 0.2) is 0 Å². The molecule has 0 saturated heterocycles. The van der Waals surface area contributed by atoms with Crippen LogP contribution in [0.15, 0.2) is 85.5 Å². The van der Waals surface area contributed by atoms with Crippen LogP contribution >= 0.6 is 11.6 Å². The maximum absolute atomic E-state index is 9.00. The van der Waals surface area contributed by atoms with E-state index in [1.807, 2.05) is 74.6 Å². The van der Waals surface area contributed by atoms with Gasteiger partial charge in [0.25, 0.3) is 5.97 Å². The third-order valence-electron chi connectivity index (χ3n) is 7.21. The minimum absolute atomic E-state index is 0.309. The van der Waals surface area contributed by atoms with E-state index in [4.69, 9.17) is 27.2 Å². The molecule has 2 aliphatic rings. The van der Waals surface area contributed by atoms with Crippen molar-refractivity contribution in [1.82, 2.24) is 29.9 Å². The van der Waals surface area contributed by atoms with Crippen LogP contribution in [0.4, 0.5) is 29.0 Å². The van der Waals surface area contributed by atoms with Gasteiger partial charge in [-0.05, 0) is 75.4 Å². The topological polar surface area (TPSA) is 177 Å². The number of aryl methyl sites for hydroxylation is 2. The van der Waals surface area contributed by atoms with Gasteiger partial charge in [-0.1, -0.05) is 36.4 Å². The van der Waals surface area contributed by atoms with Crippen molar-refractivity contribution in [3.63, 3.8) is 0 Å². The molecule has 0 radical (unpaired) electrons. The molecule has 49 heavy (non-hydrogen) atoms. The molecule has 4 heterocycles. The maximum atomic E-state index is 9.00. The number of pyridine rings is 2. The minimum atomic E-state index is -0.833. The molecule has 6 N–H and O–H groups in total. The lowest BCUT2D eigenvalue weighted by atomic mass is 10.2. The summed E-state index contributed by atoms with van der Waals surface area (Å²) in [6.07, 6.45) is 12.0. The average molecular weight is 679 g/mol. The number of fused-ring (bicyclic) bond motifs is 2. The number of rotatable bonds is 6. The highest BCUT2D eigenvalue weighted by molar-refractivity contribution is 6.28. The third-order valence-corrected chi connectivity index (χ3v) is 7.39. The standard InChI is InChI=1S/C17H17N5.C9H8N2.C8H10ClN3.C2H4O2/c1-11-9-19-17(22-16(11)20-13-6-7-13)21-14-8-12-4-2-3-5-15(12)18-10-14;10-8-5-7-3-1-2-4-9(7)11-6-8;1-5-4-10-8(9)12-7(5)11-6-2-3-6;1-2(3)4/h2-5,8-10,13H,6-7H2,1H3,(H2,19,20,21,22);1-6H,10H2;4,6H,2-3H2,1H3,(H,10,11,12);1H3,(H,3,4). The number of anilines is 5. The van der Waals surface area contributed by atoms with Crippen molar-refractivity contribution in [1.29, 1.82) is 0 Å².